The smallest absolute Gasteiger partial charge is 0.322 e. The highest BCUT2D eigenvalue weighted by Crippen LogP contribution is 2.06. The van der Waals surface area contributed by atoms with Gasteiger partial charge in [-0.15, -0.1) is 0 Å². The number of carboxylic acid groups (broad SMARTS) is 2. The summed E-state index contributed by atoms with van der Waals surface area (Å²) in [6.45, 7) is 2.53. The Morgan fingerprint density at radius 3 is 1.90 bits per heavy atom. The molecule has 0 aromatic carbocycles. The van der Waals surface area contributed by atoms with Crippen LogP contribution in [0.2, 0.25) is 0 Å². The first kappa shape index (κ1) is 26.8. The fourth-order valence-electron chi connectivity index (χ4n) is 2.31. The van der Waals surface area contributed by atoms with E-state index in [-0.39, 0.29) is 19.3 Å². The monoisotopic (exact) mass is 431 g/mol. The number of amides is 4. The molecule has 0 heterocycles. The van der Waals surface area contributed by atoms with E-state index in [9.17, 15) is 28.8 Å². The van der Waals surface area contributed by atoms with Gasteiger partial charge in [0.1, 0.15) is 18.6 Å². The SMILES string of the molecule is CC(C)C(NC(=O)C(N)CCC(N)=O)C(=O)NC(CCC(=O)O)C(=O)NCC(=O)O. The molecule has 170 valence electrons. The molecular formula is C17H29N5O8. The van der Waals surface area contributed by atoms with E-state index in [4.69, 9.17) is 21.7 Å². The molecule has 0 aromatic rings. The van der Waals surface area contributed by atoms with Crippen molar-refractivity contribution in [3.63, 3.8) is 0 Å². The van der Waals surface area contributed by atoms with Crippen LogP contribution >= 0.6 is 0 Å². The molecule has 0 aliphatic rings. The van der Waals surface area contributed by atoms with Crippen molar-refractivity contribution in [1.29, 1.82) is 0 Å². The van der Waals surface area contributed by atoms with Gasteiger partial charge in [-0.3, -0.25) is 28.8 Å². The van der Waals surface area contributed by atoms with E-state index >= 15 is 0 Å². The van der Waals surface area contributed by atoms with Crippen LogP contribution in [0.3, 0.4) is 0 Å². The zero-order valence-corrected chi connectivity index (χ0v) is 16.8. The molecule has 3 atom stereocenters. The second-order valence-corrected chi connectivity index (χ2v) is 6.95. The molecular weight excluding hydrogens is 402 g/mol. The van der Waals surface area contributed by atoms with E-state index in [1.54, 1.807) is 13.8 Å². The van der Waals surface area contributed by atoms with Gasteiger partial charge in [-0.05, 0) is 18.8 Å². The molecule has 0 fully saturated rings. The second kappa shape index (κ2) is 13.1. The number of rotatable bonds is 14. The van der Waals surface area contributed by atoms with Crippen molar-refractivity contribution in [2.45, 2.75) is 57.7 Å². The Kier molecular flexibility index (Phi) is 11.7. The average molecular weight is 431 g/mol. The summed E-state index contributed by atoms with van der Waals surface area (Å²) in [5.41, 5.74) is 10.7. The van der Waals surface area contributed by atoms with Crippen molar-refractivity contribution in [2.24, 2.45) is 17.4 Å². The van der Waals surface area contributed by atoms with Crippen molar-refractivity contribution in [2.75, 3.05) is 6.54 Å². The fraction of sp³-hybridized carbons (Fsp3) is 0.647. The normalized spacial score (nSPS) is 13.6. The van der Waals surface area contributed by atoms with Gasteiger partial charge in [0.05, 0.1) is 6.04 Å². The number of hydrogen-bond donors (Lipinski definition) is 7. The van der Waals surface area contributed by atoms with Gasteiger partial charge in [0.2, 0.25) is 23.6 Å². The average Bonchev–Trinajstić information content (AvgIpc) is 2.64. The first-order valence-corrected chi connectivity index (χ1v) is 9.21. The summed E-state index contributed by atoms with van der Waals surface area (Å²) in [6, 6.07) is -3.53. The molecule has 0 aliphatic heterocycles. The predicted octanol–water partition coefficient (Wildman–Crippen LogP) is -2.73. The maximum Gasteiger partial charge on any atom is 0.322 e. The van der Waals surface area contributed by atoms with Gasteiger partial charge in [0.15, 0.2) is 0 Å². The predicted molar refractivity (Wildman–Crippen MR) is 103 cm³/mol. The third-order valence-electron chi connectivity index (χ3n) is 3.98. The third kappa shape index (κ3) is 10.9. The molecule has 0 saturated carbocycles. The largest absolute Gasteiger partial charge is 0.481 e. The molecule has 0 saturated heterocycles. The number of carbonyl (C=O) groups excluding carboxylic acids is 4. The molecule has 30 heavy (non-hydrogen) atoms. The highest BCUT2D eigenvalue weighted by atomic mass is 16.4. The van der Waals surface area contributed by atoms with Crippen LogP contribution in [-0.2, 0) is 28.8 Å². The molecule has 0 radical (unpaired) electrons. The van der Waals surface area contributed by atoms with Gasteiger partial charge < -0.3 is 37.6 Å². The lowest BCUT2D eigenvalue weighted by molar-refractivity contribution is -0.140. The van der Waals surface area contributed by atoms with Crippen molar-refractivity contribution in [3.8, 4) is 0 Å². The molecule has 13 heteroatoms. The van der Waals surface area contributed by atoms with E-state index < -0.39 is 72.6 Å². The van der Waals surface area contributed by atoms with Crippen LogP contribution in [0, 0.1) is 5.92 Å². The van der Waals surface area contributed by atoms with Crippen LogP contribution in [0.1, 0.15) is 39.5 Å². The van der Waals surface area contributed by atoms with E-state index in [0.717, 1.165) is 0 Å². The van der Waals surface area contributed by atoms with E-state index in [0.29, 0.717) is 0 Å². The minimum atomic E-state index is -1.32. The van der Waals surface area contributed by atoms with Crippen LogP contribution < -0.4 is 27.4 Å². The zero-order valence-electron chi connectivity index (χ0n) is 16.8. The quantitative estimate of drug-likeness (QED) is 0.151. The summed E-state index contributed by atoms with van der Waals surface area (Å²) in [5, 5.41) is 24.3. The number of carboxylic acids is 2. The van der Waals surface area contributed by atoms with Crippen LogP contribution in [-0.4, -0.2) is 70.5 Å². The van der Waals surface area contributed by atoms with Gasteiger partial charge in [-0.2, -0.15) is 0 Å². The molecule has 9 N–H and O–H groups in total. The van der Waals surface area contributed by atoms with Gasteiger partial charge in [-0.1, -0.05) is 13.8 Å². The standard InChI is InChI=1S/C17H29N5O8/c1-8(2)14(22-15(28)9(18)3-5-11(19)23)17(30)21-10(4-6-12(24)25)16(29)20-7-13(26)27/h8-10,14H,3-7,18H2,1-2H3,(H2,19,23)(H,20,29)(H,21,30)(H,22,28)(H,24,25)(H,26,27). The molecule has 0 aromatic heterocycles. The highest BCUT2D eigenvalue weighted by molar-refractivity contribution is 5.94. The first-order valence-electron chi connectivity index (χ1n) is 9.21. The van der Waals surface area contributed by atoms with Crippen molar-refractivity contribution < 1.29 is 39.0 Å². The van der Waals surface area contributed by atoms with Crippen molar-refractivity contribution in [1.82, 2.24) is 16.0 Å². The summed E-state index contributed by atoms with van der Waals surface area (Å²) in [6.07, 6.45) is -0.883. The maximum absolute atomic E-state index is 12.6. The Morgan fingerprint density at radius 1 is 0.833 bits per heavy atom. The van der Waals surface area contributed by atoms with E-state index in [1.165, 1.54) is 0 Å². The Hall–Kier alpha value is -3.22. The molecule has 0 bridgehead atoms. The number of aliphatic carboxylic acids is 2. The maximum atomic E-state index is 12.6. The summed E-state index contributed by atoms with van der Waals surface area (Å²) in [4.78, 5) is 69.2. The van der Waals surface area contributed by atoms with Crippen molar-refractivity contribution >= 4 is 35.6 Å². The van der Waals surface area contributed by atoms with Crippen LogP contribution in [0.4, 0.5) is 0 Å². The van der Waals surface area contributed by atoms with Crippen LogP contribution in [0.5, 0.6) is 0 Å². The third-order valence-corrected chi connectivity index (χ3v) is 3.98. The van der Waals surface area contributed by atoms with Crippen LogP contribution in [0.25, 0.3) is 0 Å². The van der Waals surface area contributed by atoms with Gasteiger partial charge in [0.25, 0.3) is 0 Å². The number of hydrogen-bond acceptors (Lipinski definition) is 7. The molecule has 3 unspecified atom stereocenters. The topological polar surface area (TPSA) is 231 Å². The molecule has 0 spiro atoms. The Morgan fingerprint density at radius 2 is 1.43 bits per heavy atom. The Bertz CT molecular complexity index is 667. The first-order chi connectivity index (χ1) is 13.8. The minimum absolute atomic E-state index is 0.0214. The summed E-state index contributed by atoms with van der Waals surface area (Å²) in [5.74, 6) is -5.95. The lowest BCUT2D eigenvalue weighted by Crippen LogP contribution is -2.57. The molecule has 13 nitrogen and oxygen atoms in total. The molecule has 0 aliphatic carbocycles. The van der Waals surface area contributed by atoms with Crippen molar-refractivity contribution in [3.05, 3.63) is 0 Å². The highest BCUT2D eigenvalue weighted by Gasteiger charge is 2.30. The number of nitrogens with two attached hydrogens (primary N) is 2. The zero-order chi connectivity index (χ0) is 23.4. The summed E-state index contributed by atoms with van der Waals surface area (Å²) < 4.78 is 0. The van der Waals surface area contributed by atoms with Gasteiger partial charge in [0, 0.05) is 12.8 Å². The Labute approximate surface area is 172 Å². The van der Waals surface area contributed by atoms with Gasteiger partial charge in [-0.25, -0.2) is 0 Å². The van der Waals surface area contributed by atoms with Crippen LogP contribution in [0.15, 0.2) is 0 Å². The summed E-state index contributed by atoms with van der Waals surface area (Å²) in [7, 11) is 0. The summed E-state index contributed by atoms with van der Waals surface area (Å²) >= 11 is 0. The fourth-order valence-corrected chi connectivity index (χ4v) is 2.31. The van der Waals surface area contributed by atoms with E-state index in [1.807, 2.05) is 0 Å². The lowest BCUT2D eigenvalue weighted by atomic mass is 10.0. The molecule has 0 rings (SSSR count). The number of primary amides is 1. The second-order valence-electron chi connectivity index (χ2n) is 6.95. The van der Waals surface area contributed by atoms with E-state index in [2.05, 4.69) is 16.0 Å². The number of carbonyl (C=O) groups is 6. The number of nitrogens with one attached hydrogen (secondary N) is 3. The van der Waals surface area contributed by atoms with Gasteiger partial charge >= 0.3 is 11.9 Å². The molecule has 4 amide bonds. The Balaban J connectivity index is 5.18. The lowest BCUT2D eigenvalue weighted by Gasteiger charge is -2.26. The minimum Gasteiger partial charge on any atom is -0.481 e.